The highest BCUT2D eigenvalue weighted by Gasteiger charge is 2.17. The first-order valence-corrected chi connectivity index (χ1v) is 9.02. The lowest BCUT2D eigenvalue weighted by molar-refractivity contribution is 0.603. The number of thiophene rings is 1. The van der Waals surface area contributed by atoms with Crippen LogP contribution in [0.4, 0.5) is 5.82 Å². The number of anilines is 1. The highest BCUT2D eigenvalue weighted by molar-refractivity contribution is 7.94. The molecule has 1 N–H and O–H groups in total. The highest BCUT2D eigenvalue weighted by atomic mass is 35.5. The Balaban J connectivity index is 1.82. The summed E-state index contributed by atoms with van der Waals surface area (Å²) in [4.78, 5) is 4.15. The number of aromatic nitrogens is 1. The van der Waals surface area contributed by atoms with Crippen molar-refractivity contribution in [1.29, 1.82) is 0 Å². The molecule has 3 aromatic rings. The maximum absolute atomic E-state index is 12.2. The van der Waals surface area contributed by atoms with Crippen molar-refractivity contribution in [3.05, 3.63) is 65.1 Å². The Morgan fingerprint density at radius 2 is 1.73 bits per heavy atom. The van der Waals surface area contributed by atoms with Crippen LogP contribution in [0.5, 0.6) is 0 Å². The Labute approximate surface area is 137 Å². The van der Waals surface area contributed by atoms with E-state index in [1.165, 1.54) is 6.07 Å². The summed E-state index contributed by atoms with van der Waals surface area (Å²) in [5, 5.41) is 0. The van der Waals surface area contributed by atoms with Crippen molar-refractivity contribution < 1.29 is 8.42 Å². The third-order valence-corrected chi connectivity index (χ3v) is 6.00. The molecule has 0 bridgehead atoms. The molecular weight excluding hydrogens is 340 g/mol. The van der Waals surface area contributed by atoms with Gasteiger partial charge in [-0.3, -0.25) is 4.72 Å². The number of halogens is 1. The van der Waals surface area contributed by atoms with Gasteiger partial charge in [0, 0.05) is 11.8 Å². The number of nitrogens with one attached hydrogen (secondary N) is 1. The number of sulfonamides is 1. The molecule has 0 aliphatic carbocycles. The molecule has 0 aliphatic heterocycles. The molecule has 0 fully saturated rings. The van der Waals surface area contributed by atoms with Crippen LogP contribution in [0.3, 0.4) is 0 Å². The Morgan fingerprint density at radius 3 is 2.32 bits per heavy atom. The third kappa shape index (κ3) is 3.30. The molecule has 0 saturated carbocycles. The maximum Gasteiger partial charge on any atom is 0.272 e. The van der Waals surface area contributed by atoms with E-state index in [2.05, 4.69) is 9.71 Å². The molecule has 112 valence electrons. The van der Waals surface area contributed by atoms with Crippen molar-refractivity contribution in [1.82, 2.24) is 4.98 Å². The fourth-order valence-corrected chi connectivity index (χ4v) is 4.38. The van der Waals surface area contributed by atoms with Crippen molar-refractivity contribution in [3.8, 4) is 11.1 Å². The lowest BCUT2D eigenvalue weighted by atomic mass is 10.1. The predicted molar refractivity (Wildman–Crippen MR) is 89.8 cm³/mol. The lowest BCUT2D eigenvalue weighted by Crippen LogP contribution is -2.12. The van der Waals surface area contributed by atoms with Crippen molar-refractivity contribution in [2.75, 3.05) is 4.72 Å². The summed E-state index contributed by atoms with van der Waals surface area (Å²) in [7, 11) is -3.65. The van der Waals surface area contributed by atoms with Crippen LogP contribution in [-0.4, -0.2) is 13.4 Å². The van der Waals surface area contributed by atoms with Gasteiger partial charge in [0.2, 0.25) is 0 Å². The number of hydrogen-bond donors (Lipinski definition) is 1. The average Bonchev–Trinajstić information content (AvgIpc) is 2.96. The first-order chi connectivity index (χ1) is 10.5. The van der Waals surface area contributed by atoms with Crippen LogP contribution < -0.4 is 4.72 Å². The van der Waals surface area contributed by atoms with Crippen LogP contribution in [0.1, 0.15) is 0 Å². The van der Waals surface area contributed by atoms with Gasteiger partial charge in [-0.15, -0.1) is 11.3 Å². The molecule has 2 aromatic heterocycles. The standard InChI is InChI=1S/C15H11ClN2O2S2/c16-13-7-9-15(21-13)22(19,20)18-14-8-6-12(10-17-14)11-4-2-1-3-5-11/h1-10H,(H,17,18). The SMILES string of the molecule is O=S(=O)(Nc1ccc(-c2ccccc2)cn1)c1ccc(Cl)s1. The fourth-order valence-electron chi connectivity index (χ4n) is 1.89. The van der Waals surface area contributed by atoms with E-state index in [0.29, 0.717) is 4.34 Å². The normalized spacial score (nSPS) is 11.3. The predicted octanol–water partition coefficient (Wildman–Crippen LogP) is 4.26. The minimum atomic E-state index is -3.65. The second kappa shape index (κ2) is 6.08. The Hall–Kier alpha value is -1.89. The van der Waals surface area contributed by atoms with Crippen LogP contribution in [0.25, 0.3) is 11.1 Å². The molecular formula is C15H11ClN2O2S2. The van der Waals surface area contributed by atoms with E-state index in [1.54, 1.807) is 18.3 Å². The average molecular weight is 351 g/mol. The molecule has 2 heterocycles. The van der Waals surface area contributed by atoms with E-state index in [-0.39, 0.29) is 10.0 Å². The second-order valence-corrected chi connectivity index (χ2v) is 8.09. The summed E-state index contributed by atoms with van der Waals surface area (Å²) in [6, 6.07) is 16.2. The van der Waals surface area contributed by atoms with E-state index >= 15 is 0 Å². The molecule has 4 nitrogen and oxygen atoms in total. The summed E-state index contributed by atoms with van der Waals surface area (Å²) in [5.74, 6) is 0.268. The van der Waals surface area contributed by atoms with Crippen LogP contribution in [0.2, 0.25) is 4.34 Å². The van der Waals surface area contributed by atoms with Crippen LogP contribution in [0, 0.1) is 0 Å². The van der Waals surface area contributed by atoms with Crippen LogP contribution >= 0.6 is 22.9 Å². The van der Waals surface area contributed by atoms with E-state index in [9.17, 15) is 8.42 Å². The fraction of sp³-hybridized carbons (Fsp3) is 0. The molecule has 7 heteroatoms. The Bertz CT molecular complexity index is 875. The van der Waals surface area contributed by atoms with E-state index in [4.69, 9.17) is 11.6 Å². The minimum absolute atomic E-state index is 0.159. The number of pyridine rings is 1. The monoisotopic (exact) mass is 350 g/mol. The van der Waals surface area contributed by atoms with Crippen molar-refractivity contribution >= 4 is 38.8 Å². The van der Waals surface area contributed by atoms with Gasteiger partial charge < -0.3 is 0 Å². The van der Waals surface area contributed by atoms with Crippen molar-refractivity contribution in [2.45, 2.75) is 4.21 Å². The number of rotatable bonds is 4. The molecule has 0 radical (unpaired) electrons. The molecule has 0 saturated heterocycles. The summed E-state index contributed by atoms with van der Waals surface area (Å²) >= 11 is 6.77. The Kier molecular flexibility index (Phi) is 4.15. The third-order valence-electron chi connectivity index (χ3n) is 2.92. The molecule has 1 aromatic carbocycles. The highest BCUT2D eigenvalue weighted by Crippen LogP contribution is 2.27. The summed E-state index contributed by atoms with van der Waals surface area (Å²) in [6.07, 6.45) is 1.63. The summed E-state index contributed by atoms with van der Waals surface area (Å²) in [6.45, 7) is 0. The van der Waals surface area contributed by atoms with Gasteiger partial charge in [-0.2, -0.15) is 0 Å². The zero-order valence-corrected chi connectivity index (χ0v) is 13.6. The quantitative estimate of drug-likeness (QED) is 0.764. The molecule has 22 heavy (non-hydrogen) atoms. The molecule has 0 spiro atoms. The van der Waals surface area contributed by atoms with E-state index in [0.717, 1.165) is 22.5 Å². The lowest BCUT2D eigenvalue weighted by Gasteiger charge is -2.06. The van der Waals surface area contributed by atoms with Crippen LogP contribution in [-0.2, 0) is 10.0 Å². The molecule has 0 atom stereocenters. The topological polar surface area (TPSA) is 59.1 Å². The molecule has 0 unspecified atom stereocenters. The summed E-state index contributed by atoms with van der Waals surface area (Å²) < 4.78 is 27.4. The number of nitrogens with zero attached hydrogens (tertiary/aromatic N) is 1. The van der Waals surface area contributed by atoms with Gasteiger partial charge in [0.25, 0.3) is 10.0 Å². The largest absolute Gasteiger partial charge is 0.272 e. The molecule has 0 amide bonds. The second-order valence-electron chi connectivity index (χ2n) is 4.46. The zero-order valence-electron chi connectivity index (χ0n) is 11.2. The zero-order chi connectivity index (χ0) is 15.6. The first-order valence-electron chi connectivity index (χ1n) is 6.34. The smallest absolute Gasteiger partial charge is 0.263 e. The van der Waals surface area contributed by atoms with Gasteiger partial charge in [-0.1, -0.05) is 41.9 Å². The first kappa shape index (κ1) is 15.0. The van der Waals surface area contributed by atoms with E-state index < -0.39 is 10.0 Å². The summed E-state index contributed by atoms with van der Waals surface area (Å²) in [5.41, 5.74) is 1.94. The van der Waals surface area contributed by atoms with Crippen molar-refractivity contribution in [2.24, 2.45) is 0 Å². The van der Waals surface area contributed by atoms with Gasteiger partial charge in [0.05, 0.1) is 4.34 Å². The Morgan fingerprint density at radius 1 is 0.955 bits per heavy atom. The van der Waals surface area contributed by atoms with Gasteiger partial charge in [-0.25, -0.2) is 13.4 Å². The van der Waals surface area contributed by atoms with E-state index in [1.807, 2.05) is 36.4 Å². The van der Waals surface area contributed by atoms with Crippen LogP contribution in [0.15, 0.2) is 65.0 Å². The van der Waals surface area contributed by atoms with Crippen molar-refractivity contribution in [3.63, 3.8) is 0 Å². The molecule has 3 rings (SSSR count). The number of benzene rings is 1. The van der Waals surface area contributed by atoms with Gasteiger partial charge >= 0.3 is 0 Å². The maximum atomic E-state index is 12.2. The van der Waals surface area contributed by atoms with Gasteiger partial charge in [0.15, 0.2) is 0 Å². The van der Waals surface area contributed by atoms with Gasteiger partial charge in [-0.05, 0) is 29.8 Å². The number of hydrogen-bond acceptors (Lipinski definition) is 4. The minimum Gasteiger partial charge on any atom is -0.263 e. The molecule has 0 aliphatic rings. The van der Waals surface area contributed by atoms with Gasteiger partial charge in [0.1, 0.15) is 10.0 Å².